The number of ether oxygens (including phenoxy) is 1. The Hall–Kier alpha value is -3.34. The Morgan fingerprint density at radius 2 is 1.73 bits per heavy atom. The first-order valence-corrected chi connectivity index (χ1v) is 8.24. The van der Waals surface area contributed by atoms with Gasteiger partial charge in [-0.3, -0.25) is 4.79 Å². The number of hydrogen-bond acceptors (Lipinski definition) is 3. The number of nitrogens with one attached hydrogen (secondary N) is 1. The topological polar surface area (TPSA) is 51.5 Å². The van der Waals surface area contributed by atoms with E-state index in [1.165, 1.54) is 24.3 Å². The quantitative estimate of drug-likeness (QED) is 0.555. The van der Waals surface area contributed by atoms with E-state index in [0.717, 1.165) is 16.4 Å². The van der Waals surface area contributed by atoms with Crippen molar-refractivity contribution in [1.82, 2.24) is 0 Å². The van der Waals surface area contributed by atoms with E-state index in [1.807, 2.05) is 36.4 Å². The van der Waals surface area contributed by atoms with Crippen LogP contribution in [0.1, 0.15) is 6.92 Å². The van der Waals surface area contributed by atoms with E-state index < -0.39 is 6.10 Å². The third kappa shape index (κ3) is 3.11. The standard InChI is InChI=1S/C21H16FNO3/c1-13(25-16-9-6-14(22)7-10-16)21(24)23-15-8-11-18-17-4-2-3-5-19(17)26-20(18)12-15/h2-13H,1H3,(H,23,24). The summed E-state index contributed by atoms with van der Waals surface area (Å²) in [7, 11) is 0. The van der Waals surface area contributed by atoms with E-state index in [9.17, 15) is 9.18 Å². The van der Waals surface area contributed by atoms with E-state index in [2.05, 4.69) is 5.32 Å². The first-order valence-electron chi connectivity index (χ1n) is 8.24. The van der Waals surface area contributed by atoms with Crippen molar-refractivity contribution < 1.29 is 18.3 Å². The van der Waals surface area contributed by atoms with Crippen LogP contribution in [0.2, 0.25) is 0 Å². The number of carbonyl (C=O) groups excluding carboxylic acids is 1. The number of hydrogen-bond donors (Lipinski definition) is 1. The summed E-state index contributed by atoms with van der Waals surface area (Å²) in [5.41, 5.74) is 2.13. The second kappa shape index (κ2) is 6.52. The maximum atomic E-state index is 12.9. The van der Waals surface area contributed by atoms with Gasteiger partial charge >= 0.3 is 0 Å². The van der Waals surface area contributed by atoms with Crippen molar-refractivity contribution in [2.24, 2.45) is 0 Å². The Balaban J connectivity index is 1.51. The molecule has 4 rings (SSSR count). The zero-order valence-electron chi connectivity index (χ0n) is 14.0. The Morgan fingerprint density at radius 1 is 1.00 bits per heavy atom. The third-order valence-electron chi connectivity index (χ3n) is 4.14. The van der Waals surface area contributed by atoms with Gasteiger partial charge in [0.05, 0.1) is 0 Å². The monoisotopic (exact) mass is 349 g/mol. The van der Waals surface area contributed by atoms with Crippen molar-refractivity contribution in [2.75, 3.05) is 5.32 Å². The molecule has 0 saturated heterocycles. The molecule has 0 bridgehead atoms. The SMILES string of the molecule is CC(Oc1ccc(F)cc1)C(=O)Nc1ccc2c(c1)oc1ccccc12. The highest BCUT2D eigenvalue weighted by molar-refractivity contribution is 6.06. The Labute approximate surface area is 149 Å². The highest BCUT2D eigenvalue weighted by Crippen LogP contribution is 2.30. The van der Waals surface area contributed by atoms with Gasteiger partial charge in [-0.2, -0.15) is 0 Å². The molecule has 1 N–H and O–H groups in total. The molecule has 0 spiro atoms. The Kier molecular flexibility index (Phi) is 4.05. The van der Waals surface area contributed by atoms with Gasteiger partial charge in [-0.1, -0.05) is 18.2 Å². The zero-order valence-corrected chi connectivity index (χ0v) is 14.0. The van der Waals surface area contributed by atoms with Crippen LogP contribution in [0.25, 0.3) is 21.9 Å². The molecule has 4 aromatic rings. The lowest BCUT2D eigenvalue weighted by atomic mass is 10.1. The largest absolute Gasteiger partial charge is 0.481 e. The number of benzene rings is 3. The second-order valence-electron chi connectivity index (χ2n) is 6.01. The molecular formula is C21H16FNO3. The lowest BCUT2D eigenvalue weighted by Gasteiger charge is -2.14. The predicted octanol–water partition coefficient (Wildman–Crippen LogP) is 5.13. The third-order valence-corrected chi connectivity index (χ3v) is 4.14. The average Bonchev–Trinajstić information content (AvgIpc) is 3.01. The summed E-state index contributed by atoms with van der Waals surface area (Å²) < 4.78 is 24.3. The highest BCUT2D eigenvalue weighted by atomic mass is 19.1. The molecule has 1 aromatic heterocycles. The molecule has 130 valence electrons. The molecule has 0 aliphatic heterocycles. The first-order chi connectivity index (χ1) is 12.6. The number of anilines is 1. The fraction of sp³-hybridized carbons (Fsp3) is 0.0952. The maximum absolute atomic E-state index is 12.9. The number of furan rings is 1. The van der Waals surface area contributed by atoms with Crippen molar-refractivity contribution in [3.05, 3.63) is 72.5 Å². The van der Waals surface area contributed by atoms with Crippen LogP contribution in [0.3, 0.4) is 0 Å². The van der Waals surface area contributed by atoms with Crippen molar-refractivity contribution in [3.63, 3.8) is 0 Å². The molecule has 0 fully saturated rings. The molecular weight excluding hydrogens is 333 g/mol. The van der Waals surface area contributed by atoms with Gasteiger partial charge in [0.1, 0.15) is 22.7 Å². The van der Waals surface area contributed by atoms with E-state index >= 15 is 0 Å². The zero-order chi connectivity index (χ0) is 18.1. The minimum atomic E-state index is -0.730. The molecule has 0 saturated carbocycles. The van der Waals surface area contributed by atoms with Gasteiger partial charge in [0.25, 0.3) is 5.91 Å². The normalized spacial score (nSPS) is 12.2. The summed E-state index contributed by atoms with van der Waals surface area (Å²) in [6.07, 6.45) is -0.730. The summed E-state index contributed by atoms with van der Waals surface area (Å²) in [5, 5.41) is 4.84. The maximum Gasteiger partial charge on any atom is 0.265 e. The van der Waals surface area contributed by atoms with Crippen molar-refractivity contribution in [1.29, 1.82) is 0 Å². The minimum Gasteiger partial charge on any atom is -0.481 e. The van der Waals surface area contributed by atoms with E-state index in [0.29, 0.717) is 17.0 Å². The smallest absolute Gasteiger partial charge is 0.265 e. The van der Waals surface area contributed by atoms with Crippen molar-refractivity contribution in [2.45, 2.75) is 13.0 Å². The Bertz CT molecular complexity index is 1090. The number of carbonyl (C=O) groups is 1. The van der Waals surface area contributed by atoms with Crippen LogP contribution in [0, 0.1) is 5.82 Å². The van der Waals surface area contributed by atoms with Crippen LogP contribution in [0.5, 0.6) is 5.75 Å². The number of para-hydroxylation sites is 1. The minimum absolute atomic E-state index is 0.301. The van der Waals surface area contributed by atoms with Crippen molar-refractivity contribution in [3.8, 4) is 5.75 Å². The highest BCUT2D eigenvalue weighted by Gasteiger charge is 2.16. The number of amides is 1. The van der Waals surface area contributed by atoms with Crippen LogP contribution < -0.4 is 10.1 Å². The summed E-state index contributed by atoms with van der Waals surface area (Å²) in [4.78, 5) is 12.4. The van der Waals surface area contributed by atoms with Crippen LogP contribution in [-0.2, 0) is 4.79 Å². The fourth-order valence-electron chi connectivity index (χ4n) is 2.82. The van der Waals surface area contributed by atoms with Gasteiger partial charge in [0.15, 0.2) is 6.10 Å². The lowest BCUT2D eigenvalue weighted by molar-refractivity contribution is -0.122. The molecule has 3 aromatic carbocycles. The molecule has 1 heterocycles. The average molecular weight is 349 g/mol. The summed E-state index contributed by atoms with van der Waals surface area (Å²) in [6, 6.07) is 18.9. The van der Waals surface area contributed by atoms with Gasteiger partial charge in [0.2, 0.25) is 0 Å². The van der Waals surface area contributed by atoms with Crippen LogP contribution >= 0.6 is 0 Å². The number of halogens is 1. The van der Waals surface area contributed by atoms with Crippen molar-refractivity contribution >= 4 is 33.5 Å². The van der Waals surface area contributed by atoms with Gasteiger partial charge in [-0.25, -0.2) is 4.39 Å². The number of rotatable bonds is 4. The van der Waals surface area contributed by atoms with Crippen LogP contribution in [0.15, 0.2) is 71.1 Å². The predicted molar refractivity (Wildman–Crippen MR) is 98.8 cm³/mol. The molecule has 1 unspecified atom stereocenters. The fourth-order valence-corrected chi connectivity index (χ4v) is 2.82. The molecule has 0 aliphatic rings. The van der Waals surface area contributed by atoms with Crippen LogP contribution in [0.4, 0.5) is 10.1 Å². The van der Waals surface area contributed by atoms with Crippen LogP contribution in [-0.4, -0.2) is 12.0 Å². The molecule has 1 amide bonds. The summed E-state index contributed by atoms with van der Waals surface area (Å²) in [6.45, 7) is 1.64. The second-order valence-corrected chi connectivity index (χ2v) is 6.01. The van der Waals surface area contributed by atoms with E-state index in [-0.39, 0.29) is 11.7 Å². The number of fused-ring (bicyclic) bond motifs is 3. The molecule has 4 nitrogen and oxygen atoms in total. The molecule has 0 radical (unpaired) electrons. The molecule has 26 heavy (non-hydrogen) atoms. The van der Waals surface area contributed by atoms with Gasteiger partial charge in [-0.05, 0) is 49.4 Å². The van der Waals surface area contributed by atoms with Gasteiger partial charge in [-0.15, -0.1) is 0 Å². The summed E-state index contributed by atoms with van der Waals surface area (Å²) >= 11 is 0. The molecule has 1 atom stereocenters. The summed E-state index contributed by atoms with van der Waals surface area (Å²) in [5.74, 6) is -0.222. The van der Waals surface area contributed by atoms with Gasteiger partial charge < -0.3 is 14.5 Å². The molecule has 5 heteroatoms. The first kappa shape index (κ1) is 16.1. The Morgan fingerprint density at radius 3 is 2.54 bits per heavy atom. The van der Waals surface area contributed by atoms with E-state index in [1.54, 1.807) is 13.0 Å². The van der Waals surface area contributed by atoms with E-state index in [4.69, 9.17) is 9.15 Å². The molecule has 0 aliphatic carbocycles. The van der Waals surface area contributed by atoms with Gasteiger partial charge in [0, 0.05) is 22.5 Å². The lowest BCUT2D eigenvalue weighted by Crippen LogP contribution is -2.30.